The lowest BCUT2D eigenvalue weighted by atomic mass is 10.1. The van der Waals surface area contributed by atoms with Gasteiger partial charge in [0.1, 0.15) is 5.75 Å². The van der Waals surface area contributed by atoms with Crippen LogP contribution < -0.4 is 14.2 Å². The molecule has 0 spiro atoms. The fourth-order valence-electron chi connectivity index (χ4n) is 2.10. The number of allylic oxidation sites excluding steroid dienone is 1. The summed E-state index contributed by atoms with van der Waals surface area (Å²) in [6.45, 7) is 0. The molecule has 0 fully saturated rings. The van der Waals surface area contributed by atoms with Crippen LogP contribution in [0, 0.1) is 0 Å². The van der Waals surface area contributed by atoms with E-state index in [1.807, 2.05) is 0 Å². The van der Waals surface area contributed by atoms with Gasteiger partial charge in [0.25, 0.3) is 0 Å². The number of hydrogen-bond acceptors (Lipinski definition) is 5. The Kier molecular flexibility index (Phi) is 5.76. The van der Waals surface area contributed by atoms with E-state index in [4.69, 9.17) is 9.47 Å². The van der Waals surface area contributed by atoms with Gasteiger partial charge in [-0.2, -0.15) is 0 Å². The molecule has 0 amide bonds. The first-order valence-electron chi connectivity index (χ1n) is 7.26. The molecule has 0 saturated carbocycles. The molecule has 2 rings (SSSR count). The molecule has 0 unspecified atom stereocenters. The molecule has 5 nitrogen and oxygen atoms in total. The second kappa shape index (κ2) is 7.81. The molecule has 0 aliphatic carbocycles. The summed E-state index contributed by atoms with van der Waals surface area (Å²) in [4.78, 5) is 12.1. The summed E-state index contributed by atoms with van der Waals surface area (Å²) in [7, 11) is 2.75. The molecule has 8 heteroatoms. The van der Waals surface area contributed by atoms with Gasteiger partial charge < -0.3 is 19.3 Å². The van der Waals surface area contributed by atoms with Crippen molar-refractivity contribution in [1.29, 1.82) is 0 Å². The Hall–Kier alpha value is -3.16. The maximum atomic E-state index is 12.1. The molecule has 0 bridgehead atoms. The number of phenolic OH excluding ortho intramolecular Hbond substituents is 1. The van der Waals surface area contributed by atoms with Crippen LogP contribution in [0.3, 0.4) is 0 Å². The number of methoxy groups -OCH3 is 2. The number of carbonyl (C=O) groups is 1. The van der Waals surface area contributed by atoms with E-state index in [-0.39, 0.29) is 22.8 Å². The van der Waals surface area contributed by atoms with Gasteiger partial charge >= 0.3 is 6.36 Å². The number of rotatable bonds is 6. The molecule has 2 aromatic rings. The van der Waals surface area contributed by atoms with Crippen molar-refractivity contribution in [3.8, 4) is 23.0 Å². The molecular weight excluding hydrogens is 353 g/mol. The van der Waals surface area contributed by atoms with Crippen LogP contribution in [-0.4, -0.2) is 31.5 Å². The smallest absolute Gasteiger partial charge is 0.502 e. The number of aromatic hydroxyl groups is 1. The van der Waals surface area contributed by atoms with Crippen LogP contribution in [0.15, 0.2) is 42.5 Å². The van der Waals surface area contributed by atoms with Crippen LogP contribution in [-0.2, 0) is 0 Å². The molecular formula is C18H15F3O5. The predicted octanol–water partition coefficient (Wildman–Crippen LogP) is 4.20. The van der Waals surface area contributed by atoms with Crippen LogP contribution in [0.1, 0.15) is 15.9 Å². The molecule has 0 aliphatic heterocycles. The van der Waals surface area contributed by atoms with E-state index in [1.165, 1.54) is 50.6 Å². The molecule has 26 heavy (non-hydrogen) atoms. The summed E-state index contributed by atoms with van der Waals surface area (Å²) in [6, 6.07) is 7.57. The maximum absolute atomic E-state index is 12.1. The van der Waals surface area contributed by atoms with E-state index in [2.05, 4.69) is 4.74 Å². The summed E-state index contributed by atoms with van der Waals surface area (Å²) >= 11 is 0. The standard InChI is InChI=1S/C18H15F3O5/c1-24-15-9-11(10-16(25-2)17(15)23)3-8-14(22)12-4-6-13(7-5-12)26-18(19,20)21/h3-10,23H,1-2H3. The fourth-order valence-corrected chi connectivity index (χ4v) is 2.10. The zero-order valence-corrected chi connectivity index (χ0v) is 13.8. The van der Waals surface area contributed by atoms with Crippen molar-refractivity contribution < 1.29 is 37.3 Å². The highest BCUT2D eigenvalue weighted by molar-refractivity contribution is 6.06. The third-order valence-electron chi connectivity index (χ3n) is 3.30. The number of alkyl halides is 3. The first-order chi connectivity index (χ1) is 12.2. The number of carbonyl (C=O) groups excluding carboxylic acids is 1. The van der Waals surface area contributed by atoms with Gasteiger partial charge in [-0.3, -0.25) is 4.79 Å². The number of phenols is 1. The Morgan fingerprint density at radius 1 is 1.04 bits per heavy atom. The average Bonchev–Trinajstić information content (AvgIpc) is 2.59. The quantitative estimate of drug-likeness (QED) is 0.611. The van der Waals surface area contributed by atoms with Gasteiger partial charge in [-0.1, -0.05) is 6.08 Å². The normalized spacial score (nSPS) is 11.4. The van der Waals surface area contributed by atoms with Gasteiger partial charge in [0, 0.05) is 5.56 Å². The Bertz CT molecular complexity index is 786. The molecule has 2 aromatic carbocycles. The Balaban J connectivity index is 2.17. The monoisotopic (exact) mass is 368 g/mol. The average molecular weight is 368 g/mol. The van der Waals surface area contributed by atoms with Gasteiger partial charge in [-0.15, -0.1) is 13.2 Å². The third kappa shape index (κ3) is 4.92. The number of hydrogen-bond donors (Lipinski definition) is 1. The summed E-state index contributed by atoms with van der Waals surface area (Å²) in [5, 5.41) is 9.84. The third-order valence-corrected chi connectivity index (χ3v) is 3.30. The second-order valence-electron chi connectivity index (χ2n) is 5.04. The summed E-state index contributed by atoms with van der Waals surface area (Å²) < 4.78 is 50.2. The van der Waals surface area contributed by atoms with Crippen molar-refractivity contribution in [1.82, 2.24) is 0 Å². The molecule has 138 valence electrons. The van der Waals surface area contributed by atoms with Crippen molar-refractivity contribution in [3.05, 3.63) is 53.6 Å². The van der Waals surface area contributed by atoms with E-state index in [9.17, 15) is 23.1 Å². The highest BCUT2D eigenvalue weighted by Gasteiger charge is 2.31. The summed E-state index contributed by atoms with van der Waals surface area (Å²) in [5.41, 5.74) is 0.718. The van der Waals surface area contributed by atoms with Gasteiger partial charge in [0.15, 0.2) is 17.3 Å². The van der Waals surface area contributed by atoms with E-state index in [0.29, 0.717) is 5.56 Å². The van der Waals surface area contributed by atoms with Crippen LogP contribution in [0.25, 0.3) is 6.08 Å². The Morgan fingerprint density at radius 3 is 2.04 bits per heavy atom. The minimum Gasteiger partial charge on any atom is -0.502 e. The lowest BCUT2D eigenvalue weighted by Gasteiger charge is -2.09. The van der Waals surface area contributed by atoms with E-state index < -0.39 is 17.9 Å². The van der Waals surface area contributed by atoms with Crippen LogP contribution in [0.2, 0.25) is 0 Å². The van der Waals surface area contributed by atoms with Crippen LogP contribution in [0.5, 0.6) is 23.0 Å². The summed E-state index contributed by atoms with van der Waals surface area (Å²) in [5.74, 6) is -0.658. The van der Waals surface area contributed by atoms with Crippen LogP contribution >= 0.6 is 0 Å². The SMILES string of the molecule is COc1cc(C=CC(=O)c2ccc(OC(F)(F)F)cc2)cc(OC)c1O. The first-order valence-corrected chi connectivity index (χ1v) is 7.26. The minimum absolute atomic E-state index is 0.168. The van der Waals surface area contributed by atoms with Crippen molar-refractivity contribution in [2.24, 2.45) is 0 Å². The van der Waals surface area contributed by atoms with Crippen LogP contribution in [0.4, 0.5) is 13.2 Å². The maximum Gasteiger partial charge on any atom is 0.573 e. The van der Waals surface area contributed by atoms with Gasteiger partial charge in [-0.25, -0.2) is 0 Å². The number of halogens is 3. The van der Waals surface area contributed by atoms with Crippen molar-refractivity contribution in [2.45, 2.75) is 6.36 Å². The van der Waals surface area contributed by atoms with E-state index >= 15 is 0 Å². The predicted molar refractivity (Wildman–Crippen MR) is 87.7 cm³/mol. The molecule has 0 heterocycles. The highest BCUT2D eigenvalue weighted by atomic mass is 19.4. The number of benzene rings is 2. The van der Waals surface area contributed by atoms with Gasteiger partial charge in [0.2, 0.25) is 5.75 Å². The van der Waals surface area contributed by atoms with Gasteiger partial charge in [0.05, 0.1) is 14.2 Å². The topological polar surface area (TPSA) is 65.0 Å². The van der Waals surface area contributed by atoms with Gasteiger partial charge in [-0.05, 0) is 48.0 Å². The van der Waals surface area contributed by atoms with Crippen molar-refractivity contribution in [2.75, 3.05) is 14.2 Å². The number of ketones is 1. The molecule has 0 saturated heterocycles. The van der Waals surface area contributed by atoms with Crippen molar-refractivity contribution >= 4 is 11.9 Å². The minimum atomic E-state index is -4.79. The molecule has 0 radical (unpaired) electrons. The lowest BCUT2D eigenvalue weighted by Crippen LogP contribution is -2.17. The summed E-state index contributed by atoms with van der Waals surface area (Å²) in [6.07, 6.45) is -2.08. The molecule has 0 atom stereocenters. The number of ether oxygens (including phenoxy) is 3. The molecule has 0 aromatic heterocycles. The fraction of sp³-hybridized carbons (Fsp3) is 0.167. The highest BCUT2D eigenvalue weighted by Crippen LogP contribution is 2.37. The second-order valence-corrected chi connectivity index (χ2v) is 5.04. The Morgan fingerprint density at radius 2 is 1.58 bits per heavy atom. The molecule has 0 aliphatic rings. The zero-order valence-electron chi connectivity index (χ0n) is 13.8. The zero-order chi connectivity index (χ0) is 19.3. The van der Waals surface area contributed by atoms with Crippen molar-refractivity contribution in [3.63, 3.8) is 0 Å². The molecule has 1 N–H and O–H groups in total. The van der Waals surface area contributed by atoms with E-state index in [1.54, 1.807) is 0 Å². The largest absolute Gasteiger partial charge is 0.573 e. The van der Waals surface area contributed by atoms with E-state index in [0.717, 1.165) is 12.1 Å². The lowest BCUT2D eigenvalue weighted by molar-refractivity contribution is -0.274. The first kappa shape index (κ1) is 19.2. The Labute approximate surface area is 147 Å².